The van der Waals surface area contributed by atoms with E-state index in [1.807, 2.05) is 17.4 Å². The first kappa shape index (κ1) is 13.4. The third-order valence-electron chi connectivity index (χ3n) is 3.48. The predicted octanol–water partition coefficient (Wildman–Crippen LogP) is 3.79. The normalized spacial score (nSPS) is 11.7. The van der Waals surface area contributed by atoms with Crippen LogP contribution in [0, 0.1) is 0 Å². The van der Waals surface area contributed by atoms with Gasteiger partial charge in [0.2, 0.25) is 0 Å². The predicted molar refractivity (Wildman–Crippen MR) is 79.8 cm³/mol. The van der Waals surface area contributed by atoms with Crippen molar-refractivity contribution >= 4 is 21.4 Å². The van der Waals surface area contributed by atoms with E-state index < -0.39 is 0 Å². The summed E-state index contributed by atoms with van der Waals surface area (Å²) in [6.07, 6.45) is 1.10. The highest BCUT2D eigenvalue weighted by molar-refractivity contribution is 7.17. The lowest BCUT2D eigenvalue weighted by Gasteiger charge is -2.20. The molecule has 0 fully saturated rings. The number of ether oxygens (including phenoxy) is 1. The van der Waals surface area contributed by atoms with E-state index in [2.05, 4.69) is 43.3 Å². The average Bonchev–Trinajstić information content (AvgIpc) is 2.77. The highest BCUT2D eigenvalue weighted by Crippen LogP contribution is 2.29. The van der Waals surface area contributed by atoms with Crippen molar-refractivity contribution in [3.63, 3.8) is 0 Å². The lowest BCUT2D eigenvalue weighted by atomic mass is 10.1. The van der Waals surface area contributed by atoms with Gasteiger partial charge in [0.25, 0.3) is 0 Å². The zero-order valence-electron chi connectivity index (χ0n) is 11.6. The molecule has 0 saturated carbocycles. The zero-order chi connectivity index (χ0) is 13.1. The molecule has 0 amide bonds. The Bertz CT molecular complexity index is 518. The van der Waals surface area contributed by atoms with Crippen LogP contribution in [0.25, 0.3) is 10.1 Å². The smallest absolute Gasteiger partial charge is 0.119 e. The monoisotopic (exact) mass is 263 g/mol. The second-order valence-electron chi connectivity index (χ2n) is 4.95. The van der Waals surface area contributed by atoms with Gasteiger partial charge in [-0.1, -0.05) is 0 Å². The van der Waals surface area contributed by atoms with Crippen molar-refractivity contribution in [2.75, 3.05) is 20.7 Å². The molecule has 1 aromatic carbocycles. The molecule has 0 spiro atoms. The first-order valence-electron chi connectivity index (χ1n) is 6.36. The van der Waals surface area contributed by atoms with Gasteiger partial charge in [0.1, 0.15) is 5.75 Å². The lowest BCUT2D eigenvalue weighted by molar-refractivity contribution is 0.278. The van der Waals surface area contributed by atoms with Crippen LogP contribution in [-0.4, -0.2) is 31.6 Å². The Morgan fingerprint density at radius 3 is 2.78 bits per heavy atom. The van der Waals surface area contributed by atoms with Gasteiger partial charge < -0.3 is 9.64 Å². The van der Waals surface area contributed by atoms with E-state index in [1.54, 1.807) is 7.11 Å². The Hall–Kier alpha value is -1.06. The van der Waals surface area contributed by atoms with Gasteiger partial charge in [0.05, 0.1) is 7.11 Å². The van der Waals surface area contributed by atoms with Crippen molar-refractivity contribution in [1.82, 2.24) is 4.90 Å². The summed E-state index contributed by atoms with van der Waals surface area (Å²) in [6.45, 7) is 5.56. The molecule has 0 saturated heterocycles. The number of rotatable bonds is 5. The second-order valence-corrected chi connectivity index (χ2v) is 5.86. The molecule has 0 N–H and O–H groups in total. The van der Waals surface area contributed by atoms with Crippen molar-refractivity contribution < 1.29 is 4.74 Å². The average molecular weight is 263 g/mol. The number of likely N-dealkylation sites (N-methyl/N-ethyl adjacent to an activating group) is 1. The van der Waals surface area contributed by atoms with Crippen molar-refractivity contribution in [2.45, 2.75) is 26.3 Å². The first-order valence-corrected chi connectivity index (χ1v) is 7.24. The molecule has 2 nitrogen and oxygen atoms in total. The summed E-state index contributed by atoms with van der Waals surface area (Å²) in [5.41, 5.74) is 1.43. The molecule has 0 unspecified atom stereocenters. The van der Waals surface area contributed by atoms with E-state index in [9.17, 15) is 0 Å². The van der Waals surface area contributed by atoms with Crippen LogP contribution in [-0.2, 0) is 6.42 Å². The molecule has 1 aromatic heterocycles. The molecule has 1 heterocycles. The van der Waals surface area contributed by atoms with Crippen LogP contribution in [0.1, 0.15) is 19.4 Å². The van der Waals surface area contributed by atoms with Crippen LogP contribution in [0.4, 0.5) is 0 Å². The van der Waals surface area contributed by atoms with Crippen LogP contribution >= 0.6 is 11.3 Å². The van der Waals surface area contributed by atoms with E-state index in [-0.39, 0.29) is 0 Å². The maximum absolute atomic E-state index is 5.30. The summed E-state index contributed by atoms with van der Waals surface area (Å²) in [7, 11) is 3.90. The molecule has 2 aromatic rings. The van der Waals surface area contributed by atoms with Gasteiger partial charge in [-0.2, -0.15) is 0 Å². The highest BCUT2D eigenvalue weighted by Gasteiger charge is 2.08. The molecule has 0 atom stereocenters. The molecule has 0 aliphatic heterocycles. The number of thiophene rings is 1. The first-order chi connectivity index (χ1) is 8.61. The summed E-state index contributed by atoms with van der Waals surface area (Å²) in [6, 6.07) is 6.93. The fourth-order valence-corrected chi connectivity index (χ4v) is 2.91. The Morgan fingerprint density at radius 1 is 1.33 bits per heavy atom. The minimum absolute atomic E-state index is 0.601. The van der Waals surface area contributed by atoms with Crippen LogP contribution in [0.2, 0.25) is 0 Å². The summed E-state index contributed by atoms with van der Waals surface area (Å²) in [4.78, 5) is 2.38. The number of fused-ring (bicyclic) bond motifs is 1. The van der Waals surface area contributed by atoms with E-state index in [0.717, 1.165) is 18.7 Å². The molecule has 0 radical (unpaired) electrons. The Kier molecular flexibility index (Phi) is 4.25. The molecule has 0 aliphatic rings. The number of methoxy groups -OCH3 is 1. The van der Waals surface area contributed by atoms with Gasteiger partial charge in [0.15, 0.2) is 0 Å². The van der Waals surface area contributed by atoms with E-state index in [0.29, 0.717) is 6.04 Å². The number of nitrogens with zero attached hydrogens (tertiary/aromatic N) is 1. The Balaban J connectivity index is 2.18. The van der Waals surface area contributed by atoms with Crippen LogP contribution in [0.15, 0.2) is 23.6 Å². The Labute approximate surface area is 113 Å². The zero-order valence-corrected chi connectivity index (χ0v) is 12.4. The SMILES string of the molecule is COc1ccc2scc(CCN(C)C(C)C)c2c1. The van der Waals surface area contributed by atoms with Gasteiger partial charge in [-0.25, -0.2) is 0 Å². The topological polar surface area (TPSA) is 12.5 Å². The standard InChI is InChI=1S/C15H21NOS/c1-11(2)16(3)8-7-12-10-18-15-6-5-13(17-4)9-14(12)15/h5-6,9-11H,7-8H2,1-4H3. The molecule has 0 bridgehead atoms. The van der Waals surface area contributed by atoms with Gasteiger partial charge in [-0.15, -0.1) is 11.3 Å². The molecule has 98 valence electrons. The number of hydrogen-bond acceptors (Lipinski definition) is 3. The summed E-state index contributed by atoms with van der Waals surface area (Å²) in [5, 5.41) is 3.62. The van der Waals surface area contributed by atoms with Crippen molar-refractivity contribution in [1.29, 1.82) is 0 Å². The van der Waals surface area contributed by atoms with Crippen LogP contribution in [0.5, 0.6) is 5.75 Å². The van der Waals surface area contributed by atoms with Gasteiger partial charge in [0, 0.05) is 17.3 Å². The van der Waals surface area contributed by atoms with Gasteiger partial charge >= 0.3 is 0 Å². The van der Waals surface area contributed by atoms with Crippen molar-refractivity contribution in [2.24, 2.45) is 0 Å². The van der Waals surface area contributed by atoms with Gasteiger partial charge in [-0.05, 0) is 61.8 Å². The highest BCUT2D eigenvalue weighted by atomic mass is 32.1. The fraction of sp³-hybridized carbons (Fsp3) is 0.467. The quantitative estimate of drug-likeness (QED) is 0.813. The van der Waals surface area contributed by atoms with Crippen molar-refractivity contribution in [3.05, 3.63) is 29.1 Å². The molecular weight excluding hydrogens is 242 g/mol. The third kappa shape index (κ3) is 2.85. The summed E-state index contributed by atoms with van der Waals surface area (Å²) < 4.78 is 6.65. The van der Waals surface area contributed by atoms with Crippen molar-refractivity contribution in [3.8, 4) is 5.75 Å². The number of benzene rings is 1. The third-order valence-corrected chi connectivity index (χ3v) is 4.49. The Morgan fingerprint density at radius 2 is 2.11 bits per heavy atom. The van der Waals surface area contributed by atoms with E-state index in [1.165, 1.54) is 15.6 Å². The fourth-order valence-electron chi connectivity index (χ4n) is 1.94. The van der Waals surface area contributed by atoms with E-state index >= 15 is 0 Å². The van der Waals surface area contributed by atoms with E-state index in [4.69, 9.17) is 4.74 Å². The molecular formula is C15H21NOS. The minimum atomic E-state index is 0.601. The molecule has 18 heavy (non-hydrogen) atoms. The molecule has 0 aliphatic carbocycles. The van der Waals surface area contributed by atoms with Crippen LogP contribution in [0.3, 0.4) is 0 Å². The van der Waals surface area contributed by atoms with Crippen LogP contribution < -0.4 is 4.74 Å². The minimum Gasteiger partial charge on any atom is -0.497 e. The maximum atomic E-state index is 5.30. The molecule has 2 rings (SSSR count). The van der Waals surface area contributed by atoms with Gasteiger partial charge in [-0.3, -0.25) is 0 Å². The largest absolute Gasteiger partial charge is 0.497 e. The summed E-state index contributed by atoms with van der Waals surface area (Å²) >= 11 is 1.82. The number of hydrogen-bond donors (Lipinski definition) is 0. The second kappa shape index (κ2) is 5.72. The maximum Gasteiger partial charge on any atom is 0.119 e. The lowest BCUT2D eigenvalue weighted by Crippen LogP contribution is -2.28. The summed E-state index contributed by atoms with van der Waals surface area (Å²) in [5.74, 6) is 0.944. The molecule has 3 heteroatoms.